The Morgan fingerprint density at radius 1 is 1.29 bits per heavy atom. The van der Waals surface area contributed by atoms with Crippen molar-refractivity contribution in [1.29, 1.82) is 0 Å². The summed E-state index contributed by atoms with van der Waals surface area (Å²) in [5.41, 5.74) is 5.92. The zero-order valence-corrected chi connectivity index (χ0v) is 11.5. The molecule has 0 radical (unpaired) electrons. The Bertz CT molecular complexity index is 575. The van der Waals surface area contributed by atoms with Crippen LogP contribution in [0.4, 0.5) is 10.5 Å². The third-order valence-electron chi connectivity index (χ3n) is 3.74. The van der Waals surface area contributed by atoms with Gasteiger partial charge in [-0.3, -0.25) is 4.79 Å². The molecule has 0 saturated carbocycles. The van der Waals surface area contributed by atoms with Gasteiger partial charge >= 0.3 is 6.03 Å². The van der Waals surface area contributed by atoms with E-state index in [2.05, 4.69) is 5.32 Å². The van der Waals surface area contributed by atoms with Crippen LogP contribution in [0, 0.1) is 5.92 Å². The van der Waals surface area contributed by atoms with Gasteiger partial charge in [-0.25, -0.2) is 4.79 Å². The van der Waals surface area contributed by atoms with Gasteiger partial charge in [-0.2, -0.15) is 0 Å². The minimum atomic E-state index is -0.476. The first-order valence-corrected chi connectivity index (χ1v) is 6.88. The number of rotatable bonds is 2. The molecule has 0 aromatic heterocycles. The number of anilines is 1. The number of hydrogen-bond donors (Lipinski definition) is 2. The third-order valence-corrected chi connectivity index (χ3v) is 3.74. The van der Waals surface area contributed by atoms with Gasteiger partial charge in [-0.15, -0.1) is 0 Å². The highest BCUT2D eigenvalue weighted by atomic mass is 16.7. The first-order valence-electron chi connectivity index (χ1n) is 6.88. The standard InChI is InChI=1S/C14H17N3O4/c15-14(19)17-5-1-2-9(7-17)13(18)16-10-3-4-11-12(6-10)21-8-20-11/h3-4,6,9H,1-2,5,7-8H2,(H2,15,19)(H,16,18)/t9-/m1/s1. The van der Waals surface area contributed by atoms with E-state index in [0.717, 1.165) is 12.8 Å². The van der Waals surface area contributed by atoms with Crippen molar-refractivity contribution in [2.75, 3.05) is 25.2 Å². The lowest BCUT2D eigenvalue weighted by atomic mass is 9.97. The Kier molecular flexibility index (Phi) is 3.55. The molecule has 3 rings (SSSR count). The first-order chi connectivity index (χ1) is 10.1. The summed E-state index contributed by atoms with van der Waals surface area (Å²) in [5, 5.41) is 2.85. The molecule has 1 saturated heterocycles. The lowest BCUT2D eigenvalue weighted by Gasteiger charge is -2.30. The van der Waals surface area contributed by atoms with E-state index in [4.69, 9.17) is 15.2 Å². The van der Waals surface area contributed by atoms with Crippen LogP contribution >= 0.6 is 0 Å². The predicted molar refractivity (Wildman–Crippen MR) is 75.1 cm³/mol. The van der Waals surface area contributed by atoms with Gasteiger partial charge in [0, 0.05) is 24.8 Å². The Hall–Kier alpha value is -2.44. The molecule has 112 valence electrons. The third kappa shape index (κ3) is 2.86. The number of nitrogens with one attached hydrogen (secondary N) is 1. The van der Waals surface area contributed by atoms with Crippen LogP contribution in [0.15, 0.2) is 18.2 Å². The second-order valence-electron chi connectivity index (χ2n) is 5.18. The summed E-state index contributed by atoms with van der Waals surface area (Å²) < 4.78 is 10.5. The first kappa shape index (κ1) is 13.5. The van der Waals surface area contributed by atoms with Crippen molar-refractivity contribution in [1.82, 2.24) is 4.90 Å². The number of likely N-dealkylation sites (tertiary alicyclic amines) is 1. The van der Waals surface area contributed by atoms with E-state index >= 15 is 0 Å². The highest BCUT2D eigenvalue weighted by Crippen LogP contribution is 2.34. The molecule has 7 heteroatoms. The minimum absolute atomic E-state index is 0.111. The zero-order chi connectivity index (χ0) is 14.8. The number of nitrogens with zero attached hydrogens (tertiary/aromatic N) is 1. The number of carbonyl (C=O) groups excluding carboxylic acids is 2. The fraction of sp³-hybridized carbons (Fsp3) is 0.429. The van der Waals surface area contributed by atoms with E-state index in [1.165, 1.54) is 4.90 Å². The number of fused-ring (bicyclic) bond motifs is 1. The fourth-order valence-corrected chi connectivity index (χ4v) is 2.61. The molecule has 0 spiro atoms. The van der Waals surface area contributed by atoms with E-state index in [1.807, 2.05) is 0 Å². The number of hydrogen-bond acceptors (Lipinski definition) is 4. The van der Waals surface area contributed by atoms with Gasteiger partial charge in [-0.05, 0) is 25.0 Å². The topological polar surface area (TPSA) is 93.9 Å². The molecule has 2 aliphatic heterocycles. The second kappa shape index (κ2) is 5.51. The van der Waals surface area contributed by atoms with Crippen molar-refractivity contribution in [3.63, 3.8) is 0 Å². The van der Waals surface area contributed by atoms with Gasteiger partial charge in [0.05, 0.1) is 5.92 Å². The van der Waals surface area contributed by atoms with Gasteiger partial charge in [-0.1, -0.05) is 0 Å². The van der Waals surface area contributed by atoms with Crippen molar-refractivity contribution in [3.05, 3.63) is 18.2 Å². The minimum Gasteiger partial charge on any atom is -0.454 e. The summed E-state index contributed by atoms with van der Waals surface area (Å²) in [6, 6.07) is 4.78. The number of amides is 3. The molecule has 7 nitrogen and oxygen atoms in total. The van der Waals surface area contributed by atoms with Crippen LogP contribution in [-0.4, -0.2) is 36.7 Å². The van der Waals surface area contributed by atoms with Crippen LogP contribution in [0.2, 0.25) is 0 Å². The molecule has 3 N–H and O–H groups in total. The summed E-state index contributed by atoms with van der Waals surface area (Å²) in [6.45, 7) is 1.18. The number of ether oxygens (including phenoxy) is 2. The van der Waals surface area contributed by atoms with E-state index in [9.17, 15) is 9.59 Å². The number of urea groups is 1. The van der Waals surface area contributed by atoms with Gasteiger partial charge < -0.3 is 25.4 Å². The average molecular weight is 291 g/mol. The maximum Gasteiger partial charge on any atom is 0.314 e. The van der Waals surface area contributed by atoms with Crippen LogP contribution < -0.4 is 20.5 Å². The second-order valence-corrected chi connectivity index (χ2v) is 5.18. The number of piperidine rings is 1. The lowest BCUT2D eigenvalue weighted by Crippen LogP contribution is -2.46. The van der Waals surface area contributed by atoms with Crippen LogP contribution in [0.25, 0.3) is 0 Å². The van der Waals surface area contributed by atoms with Crippen molar-refractivity contribution < 1.29 is 19.1 Å². The Morgan fingerprint density at radius 2 is 2.10 bits per heavy atom. The lowest BCUT2D eigenvalue weighted by molar-refractivity contribution is -0.121. The maximum absolute atomic E-state index is 12.3. The van der Waals surface area contributed by atoms with Gasteiger partial charge in [0.25, 0.3) is 0 Å². The Morgan fingerprint density at radius 3 is 2.90 bits per heavy atom. The molecule has 1 atom stereocenters. The molecule has 1 aromatic rings. The molecule has 0 aliphatic carbocycles. The van der Waals surface area contributed by atoms with Crippen molar-refractivity contribution in [2.24, 2.45) is 11.7 Å². The van der Waals surface area contributed by atoms with Gasteiger partial charge in [0.2, 0.25) is 12.7 Å². The molecule has 0 bridgehead atoms. The normalized spacial score (nSPS) is 20.2. The molecule has 3 amide bonds. The summed E-state index contributed by atoms with van der Waals surface area (Å²) in [5.74, 6) is 0.942. The average Bonchev–Trinajstić information content (AvgIpc) is 2.95. The number of primary amides is 1. The van der Waals surface area contributed by atoms with E-state index in [1.54, 1.807) is 18.2 Å². The molecular weight excluding hydrogens is 274 g/mol. The summed E-state index contributed by atoms with van der Waals surface area (Å²) >= 11 is 0. The van der Waals surface area contributed by atoms with Crippen LogP contribution in [0.1, 0.15) is 12.8 Å². The fourth-order valence-electron chi connectivity index (χ4n) is 2.61. The smallest absolute Gasteiger partial charge is 0.314 e. The highest BCUT2D eigenvalue weighted by Gasteiger charge is 2.27. The monoisotopic (exact) mass is 291 g/mol. The van der Waals surface area contributed by atoms with Crippen molar-refractivity contribution >= 4 is 17.6 Å². The quantitative estimate of drug-likeness (QED) is 0.854. The van der Waals surface area contributed by atoms with Crippen molar-refractivity contribution in [2.45, 2.75) is 12.8 Å². The molecule has 1 aromatic carbocycles. The van der Waals surface area contributed by atoms with Crippen LogP contribution in [0.5, 0.6) is 11.5 Å². The summed E-state index contributed by atoms with van der Waals surface area (Å²) in [7, 11) is 0. The number of carbonyl (C=O) groups is 2. The van der Waals surface area contributed by atoms with Gasteiger partial charge in [0.15, 0.2) is 11.5 Å². The predicted octanol–water partition coefficient (Wildman–Crippen LogP) is 1.14. The largest absolute Gasteiger partial charge is 0.454 e. The van der Waals surface area contributed by atoms with Gasteiger partial charge in [0.1, 0.15) is 0 Å². The molecular formula is C14H17N3O4. The molecule has 21 heavy (non-hydrogen) atoms. The van der Waals surface area contributed by atoms with Crippen molar-refractivity contribution in [3.8, 4) is 11.5 Å². The Balaban J connectivity index is 1.64. The summed E-state index contributed by atoms with van der Waals surface area (Å²) in [6.07, 6.45) is 1.53. The number of nitrogens with two attached hydrogens (primary N) is 1. The Labute approximate surface area is 122 Å². The number of benzene rings is 1. The molecule has 1 fully saturated rings. The molecule has 2 heterocycles. The SMILES string of the molecule is NC(=O)N1CCC[C@@H](C(=O)Nc2ccc3c(c2)OCO3)C1. The summed E-state index contributed by atoms with van der Waals surface area (Å²) in [4.78, 5) is 25.0. The highest BCUT2D eigenvalue weighted by molar-refractivity contribution is 5.93. The van der Waals surface area contributed by atoms with E-state index < -0.39 is 6.03 Å². The molecule has 2 aliphatic rings. The van der Waals surface area contributed by atoms with E-state index in [-0.39, 0.29) is 18.6 Å². The zero-order valence-electron chi connectivity index (χ0n) is 11.5. The molecule has 0 unspecified atom stereocenters. The maximum atomic E-state index is 12.3. The van der Waals surface area contributed by atoms with Crippen LogP contribution in [0.3, 0.4) is 0 Å². The van der Waals surface area contributed by atoms with Crippen LogP contribution in [-0.2, 0) is 4.79 Å². The van der Waals surface area contributed by atoms with E-state index in [0.29, 0.717) is 30.3 Å².